The summed E-state index contributed by atoms with van der Waals surface area (Å²) in [7, 11) is 0. The van der Waals surface area contributed by atoms with Crippen LogP contribution in [0.2, 0.25) is 0 Å². The van der Waals surface area contributed by atoms with E-state index < -0.39 is 0 Å². The number of benzene rings is 2. The molecule has 0 spiro atoms. The van der Waals surface area contributed by atoms with E-state index in [0.717, 1.165) is 6.54 Å². The average Bonchev–Trinajstić information content (AvgIpc) is 3.47. The third-order valence-electron chi connectivity index (χ3n) is 6.43. The monoisotopic (exact) mass is 458 g/mol. The Morgan fingerprint density at radius 3 is 2.45 bits per heavy atom. The van der Waals surface area contributed by atoms with Gasteiger partial charge in [-0.3, -0.25) is 4.79 Å². The minimum atomic E-state index is 0.0351. The summed E-state index contributed by atoms with van der Waals surface area (Å²) in [6, 6.07) is 23.3. The maximum atomic E-state index is 13.5. The van der Waals surface area contributed by atoms with Gasteiger partial charge in [0.2, 0.25) is 5.91 Å². The maximum Gasteiger partial charge on any atom is 0.223 e. The predicted octanol–water partition coefficient (Wildman–Crippen LogP) is 5.91. The van der Waals surface area contributed by atoms with Crippen molar-refractivity contribution in [2.75, 3.05) is 13.1 Å². The fraction of sp³-hybridized carbons (Fsp3) is 0.321. The number of rotatable bonds is 6. The van der Waals surface area contributed by atoms with Gasteiger partial charge in [-0.05, 0) is 42.5 Å². The Balaban J connectivity index is 1.51. The van der Waals surface area contributed by atoms with Crippen LogP contribution in [0, 0.1) is 0 Å². The molecule has 0 radical (unpaired) electrons. The number of nitrogens with zero attached hydrogens (tertiary/aromatic N) is 2. The fourth-order valence-corrected chi connectivity index (χ4v) is 5.85. The minimum Gasteiger partial charge on any atom is -0.372 e. The van der Waals surface area contributed by atoms with Crippen LogP contribution in [0.3, 0.4) is 0 Å². The third kappa shape index (κ3) is 4.75. The van der Waals surface area contributed by atoms with Crippen LogP contribution in [0.1, 0.15) is 42.2 Å². The zero-order valence-electron chi connectivity index (χ0n) is 19.2. The second-order valence-electron chi connectivity index (χ2n) is 9.04. The van der Waals surface area contributed by atoms with Crippen LogP contribution in [0.15, 0.2) is 78.3 Å². The molecule has 0 aliphatic carbocycles. The zero-order chi connectivity index (χ0) is 22.8. The van der Waals surface area contributed by atoms with Crippen molar-refractivity contribution < 1.29 is 9.53 Å². The Bertz CT molecular complexity index is 1210. The van der Waals surface area contributed by atoms with Gasteiger partial charge in [0.25, 0.3) is 0 Å². The lowest BCUT2D eigenvalue weighted by atomic mass is 9.93. The number of thiophene rings is 1. The van der Waals surface area contributed by atoms with Gasteiger partial charge in [0.15, 0.2) is 0 Å². The first-order valence-corrected chi connectivity index (χ1v) is 12.5. The van der Waals surface area contributed by atoms with Crippen LogP contribution < -0.4 is 0 Å². The molecule has 1 amide bonds. The SMILES string of the molecule is CC1CN(C(=O)CC(c2cccs2)c2cn(Cc3ccccc3)c3ccccc23)CC(C)O1. The van der Waals surface area contributed by atoms with E-state index in [4.69, 9.17) is 4.74 Å². The summed E-state index contributed by atoms with van der Waals surface area (Å²) >= 11 is 1.73. The molecule has 2 aromatic heterocycles. The highest BCUT2D eigenvalue weighted by Gasteiger charge is 2.30. The average molecular weight is 459 g/mol. The molecule has 1 saturated heterocycles. The third-order valence-corrected chi connectivity index (χ3v) is 7.41. The topological polar surface area (TPSA) is 34.5 Å². The van der Waals surface area contributed by atoms with Crippen LogP contribution >= 0.6 is 11.3 Å². The van der Waals surface area contributed by atoms with Gasteiger partial charge < -0.3 is 14.2 Å². The molecule has 170 valence electrons. The molecule has 0 bridgehead atoms. The van der Waals surface area contributed by atoms with Gasteiger partial charge in [-0.1, -0.05) is 54.6 Å². The summed E-state index contributed by atoms with van der Waals surface area (Å²) in [4.78, 5) is 16.7. The van der Waals surface area contributed by atoms with Crippen LogP contribution in [-0.4, -0.2) is 40.7 Å². The van der Waals surface area contributed by atoms with Gasteiger partial charge in [-0.2, -0.15) is 0 Å². The summed E-state index contributed by atoms with van der Waals surface area (Å²) in [5.41, 5.74) is 3.70. The standard InChI is InChI=1S/C28H30N2O2S/c1-20-16-30(17-21(2)32-20)28(31)15-24(27-13-8-14-33-27)25-19-29(18-22-9-4-3-5-10-22)26-12-7-6-11-23(25)26/h3-14,19-21,24H,15-18H2,1-2H3. The largest absolute Gasteiger partial charge is 0.372 e. The highest BCUT2D eigenvalue weighted by atomic mass is 32.1. The van der Waals surface area contributed by atoms with E-state index in [1.54, 1.807) is 11.3 Å². The molecule has 0 saturated carbocycles. The number of para-hydroxylation sites is 1. The number of fused-ring (bicyclic) bond motifs is 1. The molecule has 3 heterocycles. The normalized spacial score (nSPS) is 19.6. The van der Waals surface area contributed by atoms with E-state index in [2.05, 4.69) is 82.9 Å². The molecule has 3 atom stereocenters. The number of aromatic nitrogens is 1. The lowest BCUT2D eigenvalue weighted by Gasteiger charge is -2.36. The van der Waals surface area contributed by atoms with Gasteiger partial charge in [0.1, 0.15) is 0 Å². The van der Waals surface area contributed by atoms with Crippen molar-refractivity contribution in [3.8, 4) is 0 Å². The first-order valence-electron chi connectivity index (χ1n) is 11.7. The molecule has 33 heavy (non-hydrogen) atoms. The lowest BCUT2D eigenvalue weighted by Crippen LogP contribution is -2.48. The number of carbonyl (C=O) groups is 1. The van der Waals surface area contributed by atoms with Gasteiger partial charge in [0.05, 0.1) is 12.2 Å². The highest BCUT2D eigenvalue weighted by molar-refractivity contribution is 7.10. The molecular formula is C28H30N2O2S. The summed E-state index contributed by atoms with van der Waals surface area (Å²) in [5.74, 6) is 0.239. The Morgan fingerprint density at radius 1 is 1.00 bits per heavy atom. The summed E-state index contributed by atoms with van der Waals surface area (Å²) in [6.07, 6.45) is 2.88. The van der Waals surface area contributed by atoms with Crippen molar-refractivity contribution >= 4 is 28.1 Å². The molecule has 5 rings (SSSR count). The van der Waals surface area contributed by atoms with Crippen molar-refractivity contribution in [3.63, 3.8) is 0 Å². The number of hydrogen-bond acceptors (Lipinski definition) is 3. The fourth-order valence-electron chi connectivity index (χ4n) is 5.00. The van der Waals surface area contributed by atoms with Crippen LogP contribution in [-0.2, 0) is 16.1 Å². The zero-order valence-corrected chi connectivity index (χ0v) is 20.0. The molecule has 4 nitrogen and oxygen atoms in total. The van der Waals surface area contributed by atoms with E-state index in [9.17, 15) is 4.79 Å². The highest BCUT2D eigenvalue weighted by Crippen LogP contribution is 2.37. The molecule has 0 N–H and O–H groups in total. The summed E-state index contributed by atoms with van der Waals surface area (Å²) < 4.78 is 8.17. The van der Waals surface area contributed by atoms with Crippen molar-refractivity contribution in [1.29, 1.82) is 0 Å². The molecule has 1 fully saturated rings. The van der Waals surface area contributed by atoms with E-state index >= 15 is 0 Å². The Kier molecular flexibility index (Phi) is 6.34. The minimum absolute atomic E-state index is 0.0351. The second kappa shape index (κ2) is 9.54. The Morgan fingerprint density at radius 2 is 1.73 bits per heavy atom. The lowest BCUT2D eigenvalue weighted by molar-refractivity contribution is -0.143. The molecule has 1 aliphatic rings. The van der Waals surface area contributed by atoms with Crippen LogP contribution in [0.25, 0.3) is 10.9 Å². The van der Waals surface area contributed by atoms with Gasteiger partial charge in [-0.25, -0.2) is 0 Å². The Labute approximate surface area is 199 Å². The van der Waals surface area contributed by atoms with Crippen molar-refractivity contribution in [2.45, 2.75) is 44.9 Å². The maximum absolute atomic E-state index is 13.5. The second-order valence-corrected chi connectivity index (χ2v) is 10.0. The predicted molar refractivity (Wildman–Crippen MR) is 135 cm³/mol. The van der Waals surface area contributed by atoms with Gasteiger partial charge in [0, 0.05) is 53.9 Å². The number of carbonyl (C=O) groups excluding carboxylic acids is 1. The molecule has 2 aromatic carbocycles. The van der Waals surface area contributed by atoms with Crippen molar-refractivity contribution in [1.82, 2.24) is 9.47 Å². The quantitative estimate of drug-likeness (QED) is 0.360. The first-order chi connectivity index (χ1) is 16.1. The van der Waals surface area contributed by atoms with Crippen molar-refractivity contribution in [2.24, 2.45) is 0 Å². The summed E-state index contributed by atoms with van der Waals surface area (Å²) in [6.45, 7) is 6.23. The summed E-state index contributed by atoms with van der Waals surface area (Å²) in [5, 5.41) is 3.33. The molecule has 5 heteroatoms. The number of amides is 1. The van der Waals surface area contributed by atoms with E-state index in [1.165, 1.54) is 26.9 Å². The van der Waals surface area contributed by atoms with E-state index in [1.807, 2.05) is 18.7 Å². The van der Waals surface area contributed by atoms with E-state index in [0.29, 0.717) is 19.5 Å². The van der Waals surface area contributed by atoms with Gasteiger partial charge >= 0.3 is 0 Å². The van der Waals surface area contributed by atoms with E-state index in [-0.39, 0.29) is 24.0 Å². The van der Waals surface area contributed by atoms with Crippen LogP contribution in [0.5, 0.6) is 0 Å². The smallest absolute Gasteiger partial charge is 0.223 e. The van der Waals surface area contributed by atoms with Crippen molar-refractivity contribution in [3.05, 3.63) is 94.3 Å². The number of ether oxygens (including phenoxy) is 1. The number of morpholine rings is 1. The molecule has 1 aliphatic heterocycles. The number of hydrogen-bond donors (Lipinski definition) is 0. The van der Waals surface area contributed by atoms with Gasteiger partial charge in [-0.15, -0.1) is 11.3 Å². The molecule has 3 unspecified atom stereocenters. The molecule has 4 aromatic rings. The Hall–Kier alpha value is -2.89. The first kappa shape index (κ1) is 21.9. The molecular weight excluding hydrogens is 428 g/mol. The van der Waals surface area contributed by atoms with Crippen LogP contribution in [0.4, 0.5) is 0 Å².